The Labute approximate surface area is 109 Å². The molecule has 0 bridgehead atoms. The van der Waals surface area contributed by atoms with Gasteiger partial charge in [0.2, 0.25) is 0 Å². The van der Waals surface area contributed by atoms with Crippen molar-refractivity contribution in [1.82, 2.24) is 10.3 Å². The van der Waals surface area contributed by atoms with Crippen LogP contribution in [0.2, 0.25) is 0 Å². The van der Waals surface area contributed by atoms with Crippen molar-refractivity contribution in [2.75, 3.05) is 30.8 Å². The van der Waals surface area contributed by atoms with E-state index in [2.05, 4.69) is 22.5 Å². The summed E-state index contributed by atoms with van der Waals surface area (Å²) in [5, 5.41) is 6.77. The number of nitrogens with zero attached hydrogens (tertiary/aromatic N) is 1. The summed E-state index contributed by atoms with van der Waals surface area (Å²) >= 11 is 0. The van der Waals surface area contributed by atoms with E-state index in [-0.39, 0.29) is 13.5 Å². The minimum atomic E-state index is 0. The highest BCUT2D eigenvalue weighted by molar-refractivity contribution is 7.59. The maximum absolute atomic E-state index is 5.52. The van der Waals surface area contributed by atoms with Crippen LogP contribution in [0.1, 0.15) is 6.92 Å². The molecule has 1 aliphatic rings. The molecule has 1 saturated heterocycles. The van der Waals surface area contributed by atoms with E-state index in [4.69, 9.17) is 10.5 Å². The number of rotatable bonds is 5. The number of nitrogens with one attached hydrogen (secondary N) is 2. The predicted octanol–water partition coefficient (Wildman–Crippen LogP) is 0.565. The van der Waals surface area contributed by atoms with Gasteiger partial charge in [0.25, 0.3) is 0 Å². The van der Waals surface area contributed by atoms with Crippen molar-refractivity contribution in [2.24, 2.45) is 0 Å². The standard InChI is InChI=1S/C11H18N4O.H2S/c1-8(4-13-10-6-16-7-10)15-9-2-3-11(12)14-5-9;/h2-3,5,8,10,13,15H,4,6-7H2,1H3,(H2,12,14);1H2/t8-;/m0./s1. The van der Waals surface area contributed by atoms with Crippen LogP contribution in [-0.2, 0) is 4.74 Å². The molecule has 2 heterocycles. The van der Waals surface area contributed by atoms with Gasteiger partial charge in [-0.3, -0.25) is 0 Å². The highest BCUT2D eigenvalue weighted by Crippen LogP contribution is 2.08. The first-order valence-corrected chi connectivity index (χ1v) is 5.53. The van der Waals surface area contributed by atoms with Gasteiger partial charge in [-0.1, -0.05) is 0 Å². The fraction of sp³-hybridized carbons (Fsp3) is 0.545. The second-order valence-electron chi connectivity index (χ2n) is 4.16. The first-order valence-electron chi connectivity index (χ1n) is 5.53. The zero-order chi connectivity index (χ0) is 11.4. The van der Waals surface area contributed by atoms with Crippen molar-refractivity contribution in [1.29, 1.82) is 0 Å². The van der Waals surface area contributed by atoms with Crippen molar-refractivity contribution >= 4 is 25.0 Å². The van der Waals surface area contributed by atoms with Gasteiger partial charge in [-0.15, -0.1) is 0 Å². The van der Waals surface area contributed by atoms with E-state index in [1.165, 1.54) is 0 Å². The van der Waals surface area contributed by atoms with Crippen LogP contribution in [0.15, 0.2) is 18.3 Å². The first kappa shape index (κ1) is 14.1. The predicted molar refractivity (Wildman–Crippen MR) is 74.7 cm³/mol. The summed E-state index contributed by atoms with van der Waals surface area (Å²) in [6.45, 7) is 4.70. The van der Waals surface area contributed by atoms with Gasteiger partial charge in [0, 0.05) is 12.6 Å². The van der Waals surface area contributed by atoms with Crippen LogP contribution in [0.25, 0.3) is 0 Å². The first-order chi connectivity index (χ1) is 7.74. The monoisotopic (exact) mass is 256 g/mol. The van der Waals surface area contributed by atoms with Crippen LogP contribution >= 0.6 is 13.5 Å². The third-order valence-corrected chi connectivity index (χ3v) is 2.55. The van der Waals surface area contributed by atoms with Gasteiger partial charge in [0.1, 0.15) is 5.82 Å². The molecule has 5 nitrogen and oxygen atoms in total. The van der Waals surface area contributed by atoms with Gasteiger partial charge in [-0.05, 0) is 19.1 Å². The molecule has 2 rings (SSSR count). The summed E-state index contributed by atoms with van der Waals surface area (Å²) in [6.07, 6.45) is 1.75. The van der Waals surface area contributed by atoms with Gasteiger partial charge in [0.15, 0.2) is 0 Å². The smallest absolute Gasteiger partial charge is 0.123 e. The number of anilines is 2. The molecule has 96 valence electrons. The lowest BCUT2D eigenvalue weighted by atomic mass is 10.2. The normalized spacial score (nSPS) is 16.8. The quantitative estimate of drug-likeness (QED) is 0.718. The Bertz CT molecular complexity index is 329. The van der Waals surface area contributed by atoms with E-state index in [1.54, 1.807) is 12.3 Å². The molecule has 0 spiro atoms. The summed E-state index contributed by atoms with van der Waals surface area (Å²) in [6, 6.07) is 4.60. The maximum atomic E-state index is 5.52. The van der Waals surface area contributed by atoms with Crippen LogP contribution in [0, 0.1) is 0 Å². The zero-order valence-electron chi connectivity index (χ0n) is 9.94. The van der Waals surface area contributed by atoms with Crippen LogP contribution < -0.4 is 16.4 Å². The van der Waals surface area contributed by atoms with Crippen molar-refractivity contribution in [2.45, 2.75) is 19.0 Å². The fourth-order valence-corrected chi connectivity index (χ4v) is 1.52. The van der Waals surface area contributed by atoms with Gasteiger partial charge < -0.3 is 21.1 Å². The van der Waals surface area contributed by atoms with Gasteiger partial charge in [-0.2, -0.15) is 13.5 Å². The number of pyridine rings is 1. The minimum Gasteiger partial charge on any atom is -0.384 e. The highest BCUT2D eigenvalue weighted by Gasteiger charge is 2.17. The second kappa shape index (κ2) is 6.68. The molecule has 0 aromatic carbocycles. The maximum Gasteiger partial charge on any atom is 0.123 e. The molecule has 0 amide bonds. The third kappa shape index (κ3) is 4.41. The van der Waals surface area contributed by atoms with Gasteiger partial charge in [-0.25, -0.2) is 4.98 Å². The molecular formula is C11H20N4OS. The third-order valence-electron chi connectivity index (χ3n) is 2.55. The molecule has 6 heteroatoms. The lowest BCUT2D eigenvalue weighted by Gasteiger charge is -2.28. The van der Waals surface area contributed by atoms with Crippen LogP contribution in [0.3, 0.4) is 0 Å². The largest absolute Gasteiger partial charge is 0.384 e. The average Bonchev–Trinajstić information content (AvgIpc) is 2.19. The molecule has 1 fully saturated rings. The van der Waals surface area contributed by atoms with Crippen LogP contribution in [0.5, 0.6) is 0 Å². The number of hydrogen-bond donors (Lipinski definition) is 3. The number of hydrogen-bond acceptors (Lipinski definition) is 5. The number of ether oxygens (including phenoxy) is 1. The Morgan fingerprint density at radius 2 is 2.29 bits per heavy atom. The van der Waals surface area contributed by atoms with Crippen LogP contribution in [0.4, 0.5) is 11.5 Å². The van der Waals surface area contributed by atoms with Gasteiger partial charge in [0.05, 0.1) is 31.1 Å². The molecule has 1 aliphatic heterocycles. The molecule has 1 aromatic rings. The molecule has 0 saturated carbocycles. The fourth-order valence-electron chi connectivity index (χ4n) is 1.52. The number of nitrogens with two attached hydrogens (primary N) is 1. The Morgan fingerprint density at radius 1 is 1.53 bits per heavy atom. The molecule has 17 heavy (non-hydrogen) atoms. The molecule has 0 unspecified atom stereocenters. The zero-order valence-corrected chi connectivity index (χ0v) is 10.9. The number of nitrogen functional groups attached to an aromatic ring is 1. The molecule has 1 aromatic heterocycles. The van der Waals surface area contributed by atoms with Gasteiger partial charge >= 0.3 is 0 Å². The summed E-state index contributed by atoms with van der Waals surface area (Å²) in [5.74, 6) is 0.544. The summed E-state index contributed by atoms with van der Waals surface area (Å²) < 4.78 is 5.09. The van der Waals surface area contributed by atoms with Crippen molar-refractivity contribution in [3.05, 3.63) is 18.3 Å². The van der Waals surface area contributed by atoms with E-state index in [1.807, 2.05) is 6.07 Å². The summed E-state index contributed by atoms with van der Waals surface area (Å²) in [5.41, 5.74) is 6.51. The summed E-state index contributed by atoms with van der Waals surface area (Å²) in [4.78, 5) is 4.03. The van der Waals surface area contributed by atoms with Crippen molar-refractivity contribution in [3.63, 3.8) is 0 Å². The molecule has 0 aliphatic carbocycles. The molecular weight excluding hydrogens is 236 g/mol. The Hall–Kier alpha value is -0.980. The highest BCUT2D eigenvalue weighted by atomic mass is 32.1. The minimum absolute atomic E-state index is 0. The SMILES string of the molecule is C[C@@H](CNC1COC1)Nc1ccc(N)nc1.S. The van der Waals surface area contributed by atoms with Crippen molar-refractivity contribution in [3.8, 4) is 0 Å². The number of aromatic nitrogens is 1. The second-order valence-corrected chi connectivity index (χ2v) is 4.16. The molecule has 4 N–H and O–H groups in total. The van der Waals surface area contributed by atoms with Crippen molar-refractivity contribution < 1.29 is 4.74 Å². The van der Waals surface area contributed by atoms with E-state index in [9.17, 15) is 0 Å². The summed E-state index contributed by atoms with van der Waals surface area (Å²) in [7, 11) is 0. The lowest BCUT2D eigenvalue weighted by molar-refractivity contribution is -0.00505. The van der Waals surface area contributed by atoms with E-state index < -0.39 is 0 Å². The lowest BCUT2D eigenvalue weighted by Crippen LogP contribution is -2.48. The van der Waals surface area contributed by atoms with E-state index in [0.717, 1.165) is 25.4 Å². The molecule has 1 atom stereocenters. The Morgan fingerprint density at radius 3 is 2.82 bits per heavy atom. The molecule has 0 radical (unpaired) electrons. The van der Waals surface area contributed by atoms with E-state index in [0.29, 0.717) is 17.9 Å². The Kier molecular flexibility index (Phi) is 5.54. The van der Waals surface area contributed by atoms with E-state index >= 15 is 0 Å². The Balaban J connectivity index is 0.00000144. The average molecular weight is 256 g/mol. The topological polar surface area (TPSA) is 72.2 Å². The van der Waals surface area contributed by atoms with Crippen LogP contribution in [-0.4, -0.2) is 36.8 Å².